The molecular formula is C21H36IN5O2. The third kappa shape index (κ3) is 7.98. The summed E-state index contributed by atoms with van der Waals surface area (Å²) in [5.74, 6) is 1.49. The first-order valence-corrected chi connectivity index (χ1v) is 10.5. The van der Waals surface area contributed by atoms with Gasteiger partial charge in [0.25, 0.3) is 0 Å². The molecule has 0 aromatic carbocycles. The van der Waals surface area contributed by atoms with Crippen molar-refractivity contribution in [2.45, 2.75) is 59.1 Å². The van der Waals surface area contributed by atoms with E-state index in [2.05, 4.69) is 10.3 Å². The summed E-state index contributed by atoms with van der Waals surface area (Å²) in [6, 6.07) is 3.91. The molecule has 1 amide bonds. The second-order valence-electron chi connectivity index (χ2n) is 7.08. The number of hydrogen-bond donors (Lipinski definition) is 1. The van der Waals surface area contributed by atoms with Crippen LogP contribution in [0.4, 0.5) is 0 Å². The van der Waals surface area contributed by atoms with Crippen LogP contribution in [0.2, 0.25) is 0 Å². The van der Waals surface area contributed by atoms with E-state index in [4.69, 9.17) is 9.73 Å². The highest BCUT2D eigenvalue weighted by atomic mass is 127. The Kier molecular flexibility index (Phi) is 11.9. The second kappa shape index (κ2) is 13.6. The van der Waals surface area contributed by atoms with Crippen LogP contribution in [0.1, 0.15) is 52.0 Å². The van der Waals surface area contributed by atoms with Gasteiger partial charge in [-0.05, 0) is 52.5 Å². The van der Waals surface area contributed by atoms with Gasteiger partial charge in [-0.3, -0.25) is 4.79 Å². The number of ether oxygens (including phenoxy) is 1. The quantitative estimate of drug-likeness (QED) is 0.309. The molecule has 1 aromatic heterocycles. The molecule has 0 atom stereocenters. The summed E-state index contributed by atoms with van der Waals surface area (Å²) in [5.41, 5.74) is 0.966. The fraction of sp³-hybridized carbons (Fsp3) is 0.667. The lowest BCUT2D eigenvalue weighted by molar-refractivity contribution is -0.131. The first kappa shape index (κ1) is 25.5. The zero-order chi connectivity index (χ0) is 20.4. The minimum atomic E-state index is 0. The van der Waals surface area contributed by atoms with Gasteiger partial charge in [-0.25, -0.2) is 9.98 Å². The van der Waals surface area contributed by atoms with Crippen molar-refractivity contribution in [2.24, 2.45) is 4.99 Å². The summed E-state index contributed by atoms with van der Waals surface area (Å²) < 4.78 is 6.11. The third-order valence-electron chi connectivity index (χ3n) is 5.01. The molecule has 1 fully saturated rings. The van der Waals surface area contributed by atoms with E-state index in [-0.39, 0.29) is 36.0 Å². The van der Waals surface area contributed by atoms with Crippen molar-refractivity contribution in [3.8, 4) is 5.88 Å². The summed E-state index contributed by atoms with van der Waals surface area (Å²) in [6.45, 7) is 8.94. The summed E-state index contributed by atoms with van der Waals surface area (Å²) in [6.07, 6.45) is 6.66. The Labute approximate surface area is 192 Å². The first-order valence-electron chi connectivity index (χ1n) is 10.5. The number of rotatable bonds is 9. The number of likely N-dealkylation sites (N-methyl/N-ethyl adjacent to an activating group) is 2. The van der Waals surface area contributed by atoms with E-state index in [1.54, 1.807) is 6.20 Å². The highest BCUT2D eigenvalue weighted by molar-refractivity contribution is 14.0. The molecule has 1 aromatic rings. The van der Waals surface area contributed by atoms with Crippen LogP contribution in [0, 0.1) is 0 Å². The van der Waals surface area contributed by atoms with E-state index in [0.29, 0.717) is 38.0 Å². The molecule has 2 rings (SSSR count). The van der Waals surface area contributed by atoms with E-state index in [1.807, 2.05) is 49.8 Å². The Bertz CT molecular complexity index is 646. The van der Waals surface area contributed by atoms with Gasteiger partial charge < -0.3 is 19.9 Å². The van der Waals surface area contributed by atoms with Crippen molar-refractivity contribution in [3.05, 3.63) is 23.9 Å². The molecule has 0 bridgehead atoms. The van der Waals surface area contributed by atoms with Crippen LogP contribution in [-0.4, -0.2) is 66.0 Å². The van der Waals surface area contributed by atoms with Crippen LogP contribution in [0.3, 0.4) is 0 Å². The lowest BCUT2D eigenvalue weighted by atomic mass is 10.2. The van der Waals surface area contributed by atoms with Crippen molar-refractivity contribution in [1.82, 2.24) is 20.1 Å². The van der Waals surface area contributed by atoms with Crippen LogP contribution >= 0.6 is 24.0 Å². The summed E-state index contributed by atoms with van der Waals surface area (Å²) >= 11 is 0. The van der Waals surface area contributed by atoms with Gasteiger partial charge in [0.2, 0.25) is 11.8 Å². The van der Waals surface area contributed by atoms with E-state index < -0.39 is 0 Å². The Morgan fingerprint density at radius 2 is 1.97 bits per heavy atom. The van der Waals surface area contributed by atoms with E-state index in [0.717, 1.165) is 24.9 Å². The predicted octanol–water partition coefficient (Wildman–Crippen LogP) is 3.29. The van der Waals surface area contributed by atoms with E-state index in [9.17, 15) is 4.79 Å². The molecule has 0 unspecified atom stereocenters. The van der Waals surface area contributed by atoms with Crippen LogP contribution in [0.15, 0.2) is 23.3 Å². The summed E-state index contributed by atoms with van der Waals surface area (Å²) in [4.78, 5) is 25.3. The fourth-order valence-corrected chi connectivity index (χ4v) is 3.40. The third-order valence-corrected chi connectivity index (χ3v) is 5.01. The molecular weight excluding hydrogens is 481 g/mol. The minimum Gasteiger partial charge on any atom is -0.474 e. The Morgan fingerprint density at radius 3 is 2.59 bits per heavy atom. The van der Waals surface area contributed by atoms with Crippen LogP contribution in [0.25, 0.3) is 0 Å². The maximum absolute atomic E-state index is 12.4. The van der Waals surface area contributed by atoms with Crippen LogP contribution < -0.4 is 10.1 Å². The van der Waals surface area contributed by atoms with Gasteiger partial charge in [-0.2, -0.15) is 0 Å². The van der Waals surface area contributed by atoms with Gasteiger partial charge in [0.05, 0.1) is 13.1 Å². The summed E-state index contributed by atoms with van der Waals surface area (Å²) in [7, 11) is 1.89. The topological polar surface area (TPSA) is 70.1 Å². The highest BCUT2D eigenvalue weighted by Crippen LogP contribution is 2.25. The maximum atomic E-state index is 12.4. The number of halogens is 1. The molecule has 1 saturated carbocycles. The number of aliphatic imine (C=N–C) groups is 1. The number of guanidine groups is 1. The van der Waals surface area contributed by atoms with Gasteiger partial charge in [-0.1, -0.05) is 6.07 Å². The lowest BCUT2D eigenvalue weighted by Gasteiger charge is -2.25. The monoisotopic (exact) mass is 517 g/mol. The second-order valence-corrected chi connectivity index (χ2v) is 7.08. The van der Waals surface area contributed by atoms with Gasteiger partial charge in [0.15, 0.2) is 5.96 Å². The minimum absolute atomic E-state index is 0. The van der Waals surface area contributed by atoms with Gasteiger partial charge in [-0.15, -0.1) is 24.0 Å². The Balaban J connectivity index is 0.00000420. The predicted molar refractivity (Wildman–Crippen MR) is 128 cm³/mol. The van der Waals surface area contributed by atoms with Gasteiger partial charge in [0.1, 0.15) is 6.10 Å². The highest BCUT2D eigenvalue weighted by Gasteiger charge is 2.19. The van der Waals surface area contributed by atoms with Crippen LogP contribution in [-0.2, 0) is 11.3 Å². The molecule has 1 heterocycles. The molecule has 1 aliphatic carbocycles. The van der Waals surface area contributed by atoms with Gasteiger partial charge >= 0.3 is 0 Å². The van der Waals surface area contributed by atoms with Crippen molar-refractivity contribution < 1.29 is 9.53 Å². The molecule has 1 aliphatic rings. The molecule has 0 saturated heterocycles. The lowest BCUT2D eigenvalue weighted by Crippen LogP contribution is -2.45. The Morgan fingerprint density at radius 1 is 1.28 bits per heavy atom. The average molecular weight is 517 g/mol. The SMILES string of the molecule is CCNC(=NCc1cccnc1OC1CCCC1)N(C)CC(=O)N(CC)CC.I. The average Bonchev–Trinajstić information content (AvgIpc) is 3.20. The van der Waals surface area contributed by atoms with E-state index >= 15 is 0 Å². The molecule has 1 N–H and O–H groups in total. The molecule has 0 aliphatic heterocycles. The molecule has 0 radical (unpaired) electrons. The number of carbonyl (C=O) groups excluding carboxylic acids is 1. The standard InChI is InChI=1S/C21H35N5O2.HI/c1-5-22-21(25(4)16-19(27)26(6-2)7-3)24-15-17-11-10-14-23-20(17)28-18-12-8-9-13-18;/h10-11,14,18H,5-9,12-13,15-16H2,1-4H3,(H,22,24);1H. The number of hydrogen-bond acceptors (Lipinski definition) is 4. The number of nitrogens with one attached hydrogen (secondary N) is 1. The number of aromatic nitrogens is 1. The number of carbonyl (C=O) groups is 1. The molecule has 7 nitrogen and oxygen atoms in total. The normalized spacial score (nSPS) is 14.3. The summed E-state index contributed by atoms with van der Waals surface area (Å²) in [5, 5.41) is 3.27. The van der Waals surface area contributed by atoms with Crippen LogP contribution in [0.5, 0.6) is 5.88 Å². The number of nitrogens with zero attached hydrogens (tertiary/aromatic N) is 4. The van der Waals surface area contributed by atoms with Crippen molar-refractivity contribution >= 4 is 35.8 Å². The fourth-order valence-electron chi connectivity index (χ4n) is 3.40. The largest absolute Gasteiger partial charge is 0.474 e. The smallest absolute Gasteiger partial charge is 0.242 e. The molecule has 8 heteroatoms. The van der Waals surface area contributed by atoms with Crippen molar-refractivity contribution in [3.63, 3.8) is 0 Å². The zero-order valence-corrected chi connectivity index (χ0v) is 20.5. The molecule has 164 valence electrons. The maximum Gasteiger partial charge on any atom is 0.242 e. The van der Waals surface area contributed by atoms with Crippen molar-refractivity contribution in [2.75, 3.05) is 33.2 Å². The Hall–Kier alpha value is -1.58. The number of amides is 1. The van der Waals surface area contributed by atoms with E-state index in [1.165, 1.54) is 12.8 Å². The molecule has 29 heavy (non-hydrogen) atoms. The number of pyridine rings is 1. The first-order chi connectivity index (χ1) is 13.6. The van der Waals surface area contributed by atoms with Crippen molar-refractivity contribution in [1.29, 1.82) is 0 Å². The molecule has 0 spiro atoms. The zero-order valence-electron chi connectivity index (χ0n) is 18.2. The van der Waals surface area contributed by atoms with Gasteiger partial charge in [0, 0.05) is 38.4 Å².